The molecule has 0 saturated heterocycles. The SMILES string of the molecule is N#Cc1ncccc1CNCCOC1CCCCC1. The van der Waals surface area contributed by atoms with Crippen LogP contribution in [0, 0.1) is 11.3 Å². The van der Waals surface area contributed by atoms with Gasteiger partial charge in [0.05, 0.1) is 12.7 Å². The highest BCUT2D eigenvalue weighted by atomic mass is 16.5. The highest BCUT2D eigenvalue weighted by Crippen LogP contribution is 2.19. The van der Waals surface area contributed by atoms with Crippen molar-refractivity contribution in [3.63, 3.8) is 0 Å². The van der Waals surface area contributed by atoms with Crippen LogP contribution in [0.1, 0.15) is 43.4 Å². The first-order valence-electron chi connectivity index (χ1n) is 7.06. The van der Waals surface area contributed by atoms with Gasteiger partial charge in [-0.1, -0.05) is 25.3 Å². The Bertz CT molecular complexity index is 422. The summed E-state index contributed by atoms with van der Waals surface area (Å²) in [7, 11) is 0. The summed E-state index contributed by atoms with van der Waals surface area (Å²) in [6.07, 6.45) is 8.49. The van der Waals surface area contributed by atoms with E-state index < -0.39 is 0 Å². The lowest BCUT2D eigenvalue weighted by Crippen LogP contribution is -2.24. The first kappa shape index (κ1) is 14.0. The van der Waals surface area contributed by atoms with Crippen LogP contribution in [0.25, 0.3) is 0 Å². The lowest BCUT2D eigenvalue weighted by molar-refractivity contribution is 0.0302. The van der Waals surface area contributed by atoms with Gasteiger partial charge in [-0.3, -0.25) is 0 Å². The molecule has 0 aromatic carbocycles. The molecule has 4 heteroatoms. The van der Waals surface area contributed by atoms with Gasteiger partial charge in [0.1, 0.15) is 11.8 Å². The van der Waals surface area contributed by atoms with Gasteiger partial charge in [0.25, 0.3) is 0 Å². The molecule has 0 amide bonds. The first-order chi connectivity index (χ1) is 9.40. The summed E-state index contributed by atoms with van der Waals surface area (Å²) in [4.78, 5) is 4.04. The van der Waals surface area contributed by atoms with Crippen molar-refractivity contribution < 1.29 is 4.74 Å². The quantitative estimate of drug-likeness (QED) is 0.797. The van der Waals surface area contributed by atoms with Crippen LogP contribution < -0.4 is 5.32 Å². The van der Waals surface area contributed by atoms with E-state index in [9.17, 15) is 0 Å². The van der Waals surface area contributed by atoms with Crippen LogP contribution in [0.15, 0.2) is 18.3 Å². The Labute approximate surface area is 114 Å². The highest BCUT2D eigenvalue weighted by molar-refractivity contribution is 5.30. The zero-order chi connectivity index (χ0) is 13.3. The summed E-state index contributed by atoms with van der Waals surface area (Å²) in [5.74, 6) is 0. The third-order valence-electron chi connectivity index (χ3n) is 3.50. The van der Waals surface area contributed by atoms with Crippen LogP contribution in [-0.4, -0.2) is 24.2 Å². The van der Waals surface area contributed by atoms with Gasteiger partial charge in [-0.15, -0.1) is 0 Å². The molecule has 1 saturated carbocycles. The maximum atomic E-state index is 8.93. The molecule has 1 aromatic heterocycles. The normalized spacial score (nSPS) is 16.2. The maximum absolute atomic E-state index is 8.93. The van der Waals surface area contributed by atoms with Gasteiger partial charge >= 0.3 is 0 Å². The summed E-state index contributed by atoms with van der Waals surface area (Å²) in [5, 5.41) is 12.2. The zero-order valence-electron chi connectivity index (χ0n) is 11.3. The number of nitrogens with one attached hydrogen (secondary N) is 1. The predicted octanol–water partition coefficient (Wildman–Crippen LogP) is 2.39. The van der Waals surface area contributed by atoms with Crippen LogP contribution in [0.4, 0.5) is 0 Å². The minimum Gasteiger partial charge on any atom is -0.377 e. The van der Waals surface area contributed by atoms with Crippen LogP contribution >= 0.6 is 0 Å². The van der Waals surface area contributed by atoms with Gasteiger partial charge in [-0.05, 0) is 18.9 Å². The number of pyridine rings is 1. The number of hydrogen-bond acceptors (Lipinski definition) is 4. The summed E-state index contributed by atoms with van der Waals surface area (Å²) in [6.45, 7) is 2.23. The smallest absolute Gasteiger partial charge is 0.144 e. The fraction of sp³-hybridized carbons (Fsp3) is 0.600. The van der Waals surface area contributed by atoms with E-state index in [1.165, 1.54) is 32.1 Å². The minimum atomic E-state index is 0.462. The van der Waals surface area contributed by atoms with Gasteiger partial charge in [-0.25, -0.2) is 4.98 Å². The van der Waals surface area contributed by atoms with E-state index in [0.717, 1.165) is 18.7 Å². The van der Waals surface area contributed by atoms with Crippen molar-refractivity contribution in [2.24, 2.45) is 0 Å². The van der Waals surface area contributed by atoms with E-state index in [2.05, 4.69) is 16.4 Å². The lowest BCUT2D eigenvalue weighted by atomic mass is 9.98. The highest BCUT2D eigenvalue weighted by Gasteiger charge is 2.12. The Balaban J connectivity index is 1.62. The molecule has 4 nitrogen and oxygen atoms in total. The lowest BCUT2D eigenvalue weighted by Gasteiger charge is -2.22. The van der Waals surface area contributed by atoms with Crippen molar-refractivity contribution in [3.8, 4) is 6.07 Å². The average Bonchev–Trinajstić information content (AvgIpc) is 2.48. The predicted molar refractivity (Wildman–Crippen MR) is 73.5 cm³/mol. The van der Waals surface area contributed by atoms with E-state index in [0.29, 0.717) is 18.3 Å². The molecule has 2 rings (SSSR count). The third-order valence-corrected chi connectivity index (χ3v) is 3.50. The standard InChI is InChI=1S/C15H21N3O/c16-11-15-13(5-4-8-18-15)12-17-9-10-19-14-6-2-1-3-7-14/h4-5,8,14,17H,1-3,6-7,9-10,12H2. The topological polar surface area (TPSA) is 57.9 Å². The Morgan fingerprint density at radius 3 is 3.00 bits per heavy atom. The van der Waals surface area contributed by atoms with E-state index in [1.54, 1.807) is 6.20 Å². The van der Waals surface area contributed by atoms with E-state index >= 15 is 0 Å². The zero-order valence-corrected chi connectivity index (χ0v) is 11.3. The molecule has 0 spiro atoms. The fourth-order valence-corrected chi connectivity index (χ4v) is 2.43. The molecule has 1 N–H and O–H groups in total. The maximum Gasteiger partial charge on any atom is 0.144 e. The van der Waals surface area contributed by atoms with Crippen molar-refractivity contribution in [3.05, 3.63) is 29.6 Å². The number of nitriles is 1. The van der Waals surface area contributed by atoms with Gasteiger partial charge in [0, 0.05) is 24.8 Å². The molecular formula is C15H21N3O. The van der Waals surface area contributed by atoms with Crippen molar-refractivity contribution in [1.82, 2.24) is 10.3 Å². The molecule has 0 atom stereocenters. The van der Waals surface area contributed by atoms with Crippen molar-refractivity contribution in [2.45, 2.75) is 44.8 Å². The molecule has 0 radical (unpaired) electrons. The second kappa shape index (κ2) is 7.88. The van der Waals surface area contributed by atoms with Crippen LogP contribution in [0.5, 0.6) is 0 Å². The summed E-state index contributed by atoms with van der Waals surface area (Å²) in [6, 6.07) is 5.89. The Kier molecular flexibility index (Phi) is 5.80. The first-order valence-corrected chi connectivity index (χ1v) is 7.06. The van der Waals surface area contributed by atoms with Gasteiger partial charge in [0.15, 0.2) is 0 Å². The van der Waals surface area contributed by atoms with E-state index in [1.807, 2.05) is 12.1 Å². The molecule has 0 aliphatic heterocycles. The molecule has 19 heavy (non-hydrogen) atoms. The number of aromatic nitrogens is 1. The van der Waals surface area contributed by atoms with Crippen molar-refractivity contribution >= 4 is 0 Å². The second-order valence-electron chi connectivity index (χ2n) is 4.93. The van der Waals surface area contributed by atoms with Gasteiger partial charge in [0.2, 0.25) is 0 Å². The number of ether oxygens (including phenoxy) is 1. The number of nitrogens with zero attached hydrogens (tertiary/aromatic N) is 2. The van der Waals surface area contributed by atoms with Crippen molar-refractivity contribution in [2.75, 3.05) is 13.2 Å². The van der Waals surface area contributed by atoms with Crippen molar-refractivity contribution in [1.29, 1.82) is 5.26 Å². The van der Waals surface area contributed by atoms with E-state index in [4.69, 9.17) is 10.00 Å². The second-order valence-corrected chi connectivity index (χ2v) is 4.93. The summed E-state index contributed by atoms with van der Waals surface area (Å²) >= 11 is 0. The molecular weight excluding hydrogens is 238 g/mol. The molecule has 0 bridgehead atoms. The summed E-state index contributed by atoms with van der Waals surface area (Å²) < 4.78 is 5.83. The van der Waals surface area contributed by atoms with Crippen LogP contribution in [0.2, 0.25) is 0 Å². The fourth-order valence-electron chi connectivity index (χ4n) is 2.43. The van der Waals surface area contributed by atoms with Crippen LogP contribution in [0.3, 0.4) is 0 Å². The average molecular weight is 259 g/mol. The number of rotatable bonds is 6. The Morgan fingerprint density at radius 1 is 1.37 bits per heavy atom. The monoisotopic (exact) mass is 259 g/mol. The molecule has 102 valence electrons. The molecule has 1 fully saturated rings. The molecule has 1 aliphatic carbocycles. The minimum absolute atomic E-state index is 0.462. The van der Waals surface area contributed by atoms with Gasteiger partial charge < -0.3 is 10.1 Å². The van der Waals surface area contributed by atoms with Gasteiger partial charge in [-0.2, -0.15) is 5.26 Å². The largest absolute Gasteiger partial charge is 0.377 e. The van der Waals surface area contributed by atoms with Crippen LogP contribution in [-0.2, 0) is 11.3 Å². The Morgan fingerprint density at radius 2 is 2.21 bits per heavy atom. The molecule has 1 aromatic rings. The number of hydrogen-bond donors (Lipinski definition) is 1. The molecule has 1 heterocycles. The third kappa shape index (κ3) is 4.62. The van der Waals surface area contributed by atoms with E-state index in [-0.39, 0.29) is 0 Å². The Hall–Kier alpha value is -1.44. The summed E-state index contributed by atoms with van der Waals surface area (Å²) in [5.41, 5.74) is 1.45. The molecule has 1 aliphatic rings. The molecule has 0 unspecified atom stereocenters.